The van der Waals surface area contributed by atoms with Crippen LogP contribution in [0.5, 0.6) is 5.75 Å². The van der Waals surface area contributed by atoms with Gasteiger partial charge in [0, 0.05) is 22.9 Å². The van der Waals surface area contributed by atoms with Gasteiger partial charge < -0.3 is 4.74 Å². The topological polar surface area (TPSA) is 9.23 Å². The Balaban J connectivity index is 1.52. The average molecular weight is 501 g/mol. The summed E-state index contributed by atoms with van der Waals surface area (Å²) in [7, 11) is 0. The molecule has 0 bridgehead atoms. The number of benzene rings is 2. The fraction of sp³-hybridized carbons (Fsp3) is 0.462. The molecule has 0 spiro atoms. The van der Waals surface area contributed by atoms with Crippen molar-refractivity contribution in [3.05, 3.63) is 70.3 Å². The standard InChI is InChI=1S/C26H26F6OS/c1-14-21(27)12-19(13-22(14)28)33-26(31,32)25-23(29)10-18(11-24(25)30)17-4-2-15(3-5-17)16-6-8-20(34)9-7-16/h4,10-13,15-16,20,34H,2-3,5-9H2,1H3. The molecule has 34 heavy (non-hydrogen) atoms. The van der Waals surface area contributed by atoms with Crippen LogP contribution < -0.4 is 4.74 Å². The fourth-order valence-electron chi connectivity index (χ4n) is 5.03. The minimum atomic E-state index is -4.47. The van der Waals surface area contributed by atoms with Crippen molar-refractivity contribution in [2.45, 2.75) is 63.2 Å². The van der Waals surface area contributed by atoms with E-state index in [0.29, 0.717) is 35.6 Å². The van der Waals surface area contributed by atoms with Crippen LogP contribution in [0.1, 0.15) is 61.6 Å². The number of rotatable bonds is 5. The minimum Gasteiger partial charge on any atom is -0.429 e. The second-order valence-corrected chi connectivity index (χ2v) is 10.0. The molecule has 1 unspecified atom stereocenters. The number of alkyl halides is 2. The molecule has 2 aromatic carbocycles. The van der Waals surface area contributed by atoms with Crippen LogP contribution in [0.15, 0.2) is 30.3 Å². The molecule has 1 saturated carbocycles. The Morgan fingerprint density at radius 1 is 0.824 bits per heavy atom. The van der Waals surface area contributed by atoms with Crippen molar-refractivity contribution in [3.8, 4) is 5.75 Å². The molecule has 2 aliphatic rings. The van der Waals surface area contributed by atoms with Gasteiger partial charge in [-0.15, -0.1) is 0 Å². The van der Waals surface area contributed by atoms with Gasteiger partial charge in [0.05, 0.1) is 0 Å². The summed E-state index contributed by atoms with van der Waals surface area (Å²) in [5, 5.41) is 0.460. The molecule has 0 heterocycles. The first-order chi connectivity index (χ1) is 16.0. The second-order valence-electron chi connectivity index (χ2n) is 9.28. The molecule has 0 N–H and O–H groups in total. The molecule has 1 nitrogen and oxygen atoms in total. The van der Waals surface area contributed by atoms with Crippen molar-refractivity contribution in [1.29, 1.82) is 0 Å². The van der Waals surface area contributed by atoms with Gasteiger partial charge in [-0.1, -0.05) is 6.08 Å². The van der Waals surface area contributed by atoms with E-state index in [0.717, 1.165) is 63.2 Å². The second kappa shape index (κ2) is 9.88. The van der Waals surface area contributed by atoms with Crippen molar-refractivity contribution >= 4 is 18.2 Å². The number of halogens is 6. The Morgan fingerprint density at radius 2 is 1.41 bits per heavy atom. The molecule has 0 amide bonds. The van der Waals surface area contributed by atoms with Gasteiger partial charge in [0.2, 0.25) is 0 Å². The summed E-state index contributed by atoms with van der Waals surface area (Å²) in [5.74, 6) is -4.93. The first kappa shape index (κ1) is 25.0. The molecule has 0 saturated heterocycles. The van der Waals surface area contributed by atoms with Crippen molar-refractivity contribution in [3.63, 3.8) is 0 Å². The molecule has 4 rings (SSSR count). The van der Waals surface area contributed by atoms with Crippen LogP contribution in [-0.4, -0.2) is 5.25 Å². The molecule has 1 atom stereocenters. The summed E-state index contributed by atoms with van der Waals surface area (Å²) in [4.78, 5) is 0. The van der Waals surface area contributed by atoms with E-state index in [2.05, 4.69) is 17.4 Å². The van der Waals surface area contributed by atoms with E-state index in [4.69, 9.17) is 0 Å². The van der Waals surface area contributed by atoms with Crippen LogP contribution >= 0.6 is 12.6 Å². The van der Waals surface area contributed by atoms with E-state index >= 15 is 0 Å². The van der Waals surface area contributed by atoms with Crippen LogP contribution in [0.4, 0.5) is 26.3 Å². The Morgan fingerprint density at radius 3 is 1.94 bits per heavy atom. The summed E-state index contributed by atoms with van der Waals surface area (Å²) in [6.07, 6.45) is 4.19. The molecule has 2 aliphatic carbocycles. The Bertz CT molecular complexity index is 1040. The summed E-state index contributed by atoms with van der Waals surface area (Å²) < 4.78 is 90.3. The van der Waals surface area contributed by atoms with Crippen molar-refractivity contribution < 1.29 is 31.1 Å². The van der Waals surface area contributed by atoms with E-state index < -0.39 is 40.7 Å². The lowest BCUT2D eigenvalue weighted by Crippen LogP contribution is -2.26. The maximum Gasteiger partial charge on any atom is 0.432 e. The van der Waals surface area contributed by atoms with Crippen LogP contribution in [-0.2, 0) is 6.11 Å². The van der Waals surface area contributed by atoms with Gasteiger partial charge in [-0.25, -0.2) is 17.6 Å². The molecule has 8 heteroatoms. The zero-order valence-electron chi connectivity index (χ0n) is 18.7. The van der Waals surface area contributed by atoms with Gasteiger partial charge in [-0.2, -0.15) is 21.4 Å². The number of thiol groups is 1. The third-order valence-electron chi connectivity index (χ3n) is 7.06. The number of hydrogen-bond donors (Lipinski definition) is 1. The third kappa shape index (κ3) is 5.26. The molecule has 1 fully saturated rings. The van der Waals surface area contributed by atoms with Crippen molar-refractivity contribution in [2.75, 3.05) is 0 Å². The highest BCUT2D eigenvalue weighted by atomic mass is 32.1. The average Bonchev–Trinajstić information content (AvgIpc) is 2.77. The fourth-order valence-corrected chi connectivity index (χ4v) is 5.33. The van der Waals surface area contributed by atoms with Crippen LogP contribution in [0, 0.1) is 42.0 Å². The van der Waals surface area contributed by atoms with Gasteiger partial charge in [0.15, 0.2) is 0 Å². The van der Waals surface area contributed by atoms with Crippen LogP contribution in [0.25, 0.3) is 5.57 Å². The Kier molecular flexibility index (Phi) is 7.27. The smallest absolute Gasteiger partial charge is 0.429 e. The summed E-state index contributed by atoms with van der Waals surface area (Å²) in [5.41, 5.74) is -1.06. The van der Waals surface area contributed by atoms with Crippen molar-refractivity contribution in [1.82, 2.24) is 0 Å². The number of allylic oxidation sites excluding steroid dienone is 2. The Hall–Kier alpha value is -2.09. The highest BCUT2D eigenvalue weighted by Crippen LogP contribution is 2.42. The van der Waals surface area contributed by atoms with Crippen molar-refractivity contribution in [2.24, 2.45) is 11.8 Å². The summed E-state index contributed by atoms with van der Waals surface area (Å²) >= 11 is 4.54. The molecule has 2 aromatic rings. The lowest BCUT2D eigenvalue weighted by atomic mass is 9.73. The van der Waals surface area contributed by atoms with Crippen LogP contribution in [0.2, 0.25) is 0 Å². The van der Waals surface area contributed by atoms with Gasteiger partial charge in [-0.05, 0) is 87.0 Å². The van der Waals surface area contributed by atoms with Crippen LogP contribution in [0.3, 0.4) is 0 Å². The van der Waals surface area contributed by atoms with Gasteiger partial charge in [0.1, 0.15) is 34.6 Å². The Labute approximate surface area is 200 Å². The summed E-state index contributed by atoms with van der Waals surface area (Å²) in [6.45, 7) is 1.12. The zero-order valence-corrected chi connectivity index (χ0v) is 19.6. The lowest BCUT2D eigenvalue weighted by molar-refractivity contribution is -0.189. The first-order valence-corrected chi connectivity index (χ1v) is 12.0. The van der Waals surface area contributed by atoms with Gasteiger partial charge >= 0.3 is 6.11 Å². The maximum absolute atomic E-state index is 14.7. The number of hydrogen-bond acceptors (Lipinski definition) is 2. The maximum atomic E-state index is 14.7. The molecule has 0 aromatic heterocycles. The van der Waals surface area contributed by atoms with E-state index in [-0.39, 0.29) is 11.1 Å². The molecule has 0 aliphatic heterocycles. The SMILES string of the molecule is Cc1c(F)cc(OC(F)(F)c2c(F)cc(C3=CCC(C4CCC(S)CC4)CC3)cc2F)cc1F. The van der Waals surface area contributed by atoms with E-state index in [1.165, 1.54) is 0 Å². The monoisotopic (exact) mass is 500 g/mol. The van der Waals surface area contributed by atoms with E-state index in [1.807, 2.05) is 6.08 Å². The zero-order chi connectivity index (χ0) is 24.6. The predicted molar refractivity (Wildman–Crippen MR) is 122 cm³/mol. The van der Waals surface area contributed by atoms with Gasteiger partial charge in [-0.3, -0.25) is 0 Å². The minimum absolute atomic E-state index is 0.208. The first-order valence-electron chi connectivity index (χ1n) is 11.4. The molecule has 184 valence electrons. The highest BCUT2D eigenvalue weighted by molar-refractivity contribution is 7.80. The quantitative estimate of drug-likeness (QED) is 0.321. The molecular formula is C26H26F6OS. The molecule has 0 radical (unpaired) electrons. The van der Waals surface area contributed by atoms with E-state index in [9.17, 15) is 26.3 Å². The normalized spacial score (nSPS) is 23.5. The predicted octanol–water partition coefficient (Wildman–Crippen LogP) is 8.35. The largest absolute Gasteiger partial charge is 0.432 e. The summed E-state index contributed by atoms with van der Waals surface area (Å²) in [6, 6.07) is 2.82. The molecular weight excluding hydrogens is 474 g/mol. The van der Waals surface area contributed by atoms with Gasteiger partial charge in [0.25, 0.3) is 0 Å². The lowest BCUT2D eigenvalue weighted by Gasteiger charge is -2.34. The van der Waals surface area contributed by atoms with E-state index in [1.54, 1.807) is 0 Å². The number of ether oxygens (including phenoxy) is 1. The third-order valence-corrected chi connectivity index (χ3v) is 7.58. The highest BCUT2D eigenvalue weighted by Gasteiger charge is 2.41.